The summed E-state index contributed by atoms with van der Waals surface area (Å²) < 4.78 is 23.5. The van der Waals surface area contributed by atoms with E-state index in [2.05, 4.69) is 11.7 Å². The van der Waals surface area contributed by atoms with Gasteiger partial charge in [0.05, 0.1) is 6.20 Å². The summed E-state index contributed by atoms with van der Waals surface area (Å²) in [5.74, 6) is 0. The van der Waals surface area contributed by atoms with E-state index in [0.717, 1.165) is 25.7 Å². The highest BCUT2D eigenvalue weighted by molar-refractivity contribution is 8.13. The molecule has 4 nitrogen and oxygen atoms in total. The van der Waals surface area contributed by atoms with Gasteiger partial charge < -0.3 is 0 Å². The van der Waals surface area contributed by atoms with E-state index in [9.17, 15) is 8.42 Å². The maximum absolute atomic E-state index is 11.0. The van der Waals surface area contributed by atoms with Gasteiger partial charge in [-0.25, -0.2) is 8.42 Å². The minimum absolute atomic E-state index is 0.0558. The van der Waals surface area contributed by atoms with Crippen LogP contribution in [0.25, 0.3) is 0 Å². The molecule has 1 aromatic heterocycles. The molecule has 0 spiro atoms. The zero-order valence-corrected chi connectivity index (χ0v) is 10.5. The van der Waals surface area contributed by atoms with E-state index in [4.69, 9.17) is 10.7 Å². The molecule has 0 atom stereocenters. The molecule has 0 fully saturated rings. The van der Waals surface area contributed by atoms with Crippen LogP contribution in [0.2, 0.25) is 0 Å². The van der Waals surface area contributed by atoms with Crippen LogP contribution >= 0.6 is 10.7 Å². The molecule has 0 amide bonds. The lowest BCUT2D eigenvalue weighted by Crippen LogP contribution is -1.98. The second kappa shape index (κ2) is 6.06. The van der Waals surface area contributed by atoms with Crippen molar-refractivity contribution in [3.8, 4) is 0 Å². The quantitative estimate of drug-likeness (QED) is 0.431. The van der Waals surface area contributed by atoms with Gasteiger partial charge in [-0.1, -0.05) is 12.5 Å². The first-order chi connectivity index (χ1) is 7.54. The minimum Gasteiger partial charge on any atom is -0.271 e. The Bertz CT molecular complexity index is 439. The normalized spacial score (nSPS) is 11.6. The Morgan fingerprint density at radius 2 is 2.19 bits per heavy atom. The largest absolute Gasteiger partial charge is 0.271 e. The maximum Gasteiger partial charge on any atom is 0.264 e. The number of hydrogen-bond acceptors (Lipinski definition) is 3. The highest BCUT2D eigenvalue weighted by Crippen LogP contribution is 2.13. The molecule has 16 heavy (non-hydrogen) atoms. The lowest BCUT2D eigenvalue weighted by atomic mass is 10.2. The fourth-order valence-electron chi connectivity index (χ4n) is 1.33. The summed E-state index contributed by atoms with van der Waals surface area (Å²) in [5.41, 5.74) is 0. The maximum atomic E-state index is 11.0. The number of rotatable bonds is 7. The predicted molar refractivity (Wildman–Crippen MR) is 63.9 cm³/mol. The number of aromatic nitrogens is 2. The van der Waals surface area contributed by atoms with E-state index in [0.29, 0.717) is 6.54 Å². The molecule has 0 saturated carbocycles. The third-order valence-corrected chi connectivity index (χ3v) is 3.49. The molecule has 0 aliphatic rings. The topological polar surface area (TPSA) is 52.0 Å². The lowest BCUT2D eigenvalue weighted by molar-refractivity contribution is 0.545. The first kappa shape index (κ1) is 13.3. The monoisotopic (exact) mass is 262 g/mol. The van der Waals surface area contributed by atoms with Gasteiger partial charge >= 0.3 is 0 Å². The number of halogens is 1. The van der Waals surface area contributed by atoms with E-state index in [1.54, 1.807) is 4.68 Å². The van der Waals surface area contributed by atoms with Gasteiger partial charge in [-0.05, 0) is 19.3 Å². The van der Waals surface area contributed by atoms with Gasteiger partial charge in [0.15, 0.2) is 0 Å². The zero-order valence-electron chi connectivity index (χ0n) is 8.97. The summed E-state index contributed by atoms with van der Waals surface area (Å²) in [4.78, 5) is 0.0558. The van der Waals surface area contributed by atoms with Crippen LogP contribution in [-0.2, 0) is 15.6 Å². The van der Waals surface area contributed by atoms with Crippen LogP contribution in [-0.4, -0.2) is 18.2 Å². The fraction of sp³-hybridized carbons (Fsp3) is 0.500. The molecule has 6 heteroatoms. The summed E-state index contributed by atoms with van der Waals surface area (Å²) in [6, 6.07) is 0. The van der Waals surface area contributed by atoms with E-state index < -0.39 is 9.05 Å². The Kier molecular flexibility index (Phi) is 5.02. The number of hydrogen-bond donors (Lipinski definition) is 0. The summed E-state index contributed by atoms with van der Waals surface area (Å²) in [6.45, 7) is 4.36. The van der Waals surface area contributed by atoms with Crippen molar-refractivity contribution in [1.82, 2.24) is 9.78 Å². The van der Waals surface area contributed by atoms with Gasteiger partial charge in [0.25, 0.3) is 9.05 Å². The Balaban J connectivity index is 2.38. The lowest BCUT2D eigenvalue weighted by Gasteiger charge is -1.99. The molecule has 0 unspecified atom stereocenters. The molecule has 1 rings (SSSR count). The van der Waals surface area contributed by atoms with Gasteiger partial charge in [0.1, 0.15) is 4.90 Å². The average Bonchev–Trinajstić information content (AvgIpc) is 2.65. The minimum atomic E-state index is -3.65. The van der Waals surface area contributed by atoms with Crippen molar-refractivity contribution in [1.29, 1.82) is 0 Å². The molecule has 0 radical (unpaired) electrons. The first-order valence-corrected chi connectivity index (χ1v) is 7.43. The van der Waals surface area contributed by atoms with Crippen LogP contribution in [0.15, 0.2) is 29.9 Å². The van der Waals surface area contributed by atoms with Crippen molar-refractivity contribution in [2.45, 2.75) is 37.1 Å². The number of unbranched alkanes of at least 4 members (excludes halogenated alkanes) is 3. The summed E-state index contributed by atoms with van der Waals surface area (Å²) in [7, 11) is 1.54. The molecule has 1 aromatic rings. The molecule has 0 aromatic carbocycles. The van der Waals surface area contributed by atoms with Gasteiger partial charge in [0, 0.05) is 23.4 Å². The van der Waals surface area contributed by atoms with E-state index in [1.165, 1.54) is 12.4 Å². The van der Waals surface area contributed by atoms with Crippen molar-refractivity contribution in [3.63, 3.8) is 0 Å². The van der Waals surface area contributed by atoms with E-state index >= 15 is 0 Å². The Morgan fingerprint density at radius 1 is 1.44 bits per heavy atom. The number of nitrogens with zero attached hydrogens (tertiary/aromatic N) is 2. The molecule has 1 heterocycles. The second-order valence-electron chi connectivity index (χ2n) is 3.51. The van der Waals surface area contributed by atoms with Gasteiger partial charge in [-0.15, -0.1) is 6.58 Å². The molecule has 0 N–H and O–H groups in total. The van der Waals surface area contributed by atoms with Gasteiger partial charge in [0.2, 0.25) is 0 Å². The molecule has 0 saturated heterocycles. The Hall–Kier alpha value is -0.810. The number of aryl methyl sites for hydroxylation is 1. The first-order valence-electron chi connectivity index (χ1n) is 5.12. The van der Waals surface area contributed by atoms with E-state index in [1.807, 2.05) is 6.08 Å². The highest BCUT2D eigenvalue weighted by Gasteiger charge is 2.11. The SMILES string of the molecule is C=CCCCCCn1cc(S(=O)(=O)Cl)cn1. The Morgan fingerprint density at radius 3 is 2.75 bits per heavy atom. The van der Waals surface area contributed by atoms with Crippen molar-refractivity contribution in [2.75, 3.05) is 0 Å². The number of allylic oxidation sites excluding steroid dienone is 1. The summed E-state index contributed by atoms with van der Waals surface area (Å²) in [6.07, 6.45) is 8.78. The molecule has 0 bridgehead atoms. The fourth-order valence-corrected chi connectivity index (χ4v) is 1.99. The molecular formula is C10H15ClN2O2S. The van der Waals surface area contributed by atoms with Crippen molar-refractivity contribution >= 4 is 19.7 Å². The van der Waals surface area contributed by atoms with Gasteiger partial charge in [-0.2, -0.15) is 5.10 Å². The van der Waals surface area contributed by atoms with Crippen LogP contribution in [0.1, 0.15) is 25.7 Å². The standard InChI is InChI=1S/C10H15ClN2O2S/c1-2-3-4-5-6-7-13-9-10(8-12-13)16(11,14)15/h2,8-9H,1,3-7H2. The predicted octanol–water partition coefficient (Wildman–Crippen LogP) is 2.56. The molecule has 0 aliphatic carbocycles. The summed E-state index contributed by atoms with van der Waals surface area (Å²) >= 11 is 0. The molecule has 90 valence electrons. The van der Waals surface area contributed by atoms with Crippen molar-refractivity contribution in [3.05, 3.63) is 25.0 Å². The Labute approximate surface area is 100 Å². The third-order valence-electron chi connectivity index (χ3n) is 2.19. The molecular weight excluding hydrogens is 248 g/mol. The van der Waals surface area contributed by atoms with Crippen LogP contribution in [0.5, 0.6) is 0 Å². The highest BCUT2D eigenvalue weighted by atomic mass is 35.7. The smallest absolute Gasteiger partial charge is 0.264 e. The van der Waals surface area contributed by atoms with Crippen LogP contribution in [0.3, 0.4) is 0 Å². The zero-order chi connectivity index (χ0) is 12.0. The third kappa shape index (κ3) is 4.37. The summed E-state index contributed by atoms with van der Waals surface area (Å²) in [5, 5.41) is 3.93. The van der Waals surface area contributed by atoms with Crippen LogP contribution in [0.4, 0.5) is 0 Å². The van der Waals surface area contributed by atoms with Crippen molar-refractivity contribution in [2.24, 2.45) is 0 Å². The van der Waals surface area contributed by atoms with Gasteiger partial charge in [-0.3, -0.25) is 4.68 Å². The van der Waals surface area contributed by atoms with Crippen LogP contribution in [0, 0.1) is 0 Å². The second-order valence-corrected chi connectivity index (χ2v) is 6.08. The van der Waals surface area contributed by atoms with Crippen LogP contribution < -0.4 is 0 Å². The van der Waals surface area contributed by atoms with E-state index in [-0.39, 0.29) is 4.90 Å². The molecule has 0 aliphatic heterocycles. The average molecular weight is 263 g/mol. The van der Waals surface area contributed by atoms with Crippen molar-refractivity contribution < 1.29 is 8.42 Å².